The predicted octanol–water partition coefficient (Wildman–Crippen LogP) is 7.55. The Morgan fingerprint density at radius 2 is 1.54 bits per heavy atom. The van der Waals surface area contributed by atoms with Crippen LogP contribution in [0.3, 0.4) is 0 Å². The lowest BCUT2D eigenvalue weighted by Crippen LogP contribution is -2.39. The van der Waals surface area contributed by atoms with E-state index in [2.05, 4.69) is 46.0 Å². The topological polar surface area (TPSA) is 8.17 Å². The molecule has 3 heterocycles. The molecule has 2 atom stereocenters. The Hall–Kier alpha value is -3.24. The molecule has 0 aliphatic carbocycles. The molecule has 0 unspecified atom stereocenters. The number of aromatic nitrogens is 1. The molecule has 1 aromatic heterocycles. The molecule has 6 rings (SSSR count). The number of hydrogen-bond acceptors (Lipinski definition) is 1. The Morgan fingerprint density at radius 1 is 0.800 bits per heavy atom. The number of unbranched alkanes of at least 4 members (excludes halogenated alkanes) is 1. The van der Waals surface area contributed by atoms with E-state index in [1.807, 2.05) is 24.3 Å². The van der Waals surface area contributed by atoms with Gasteiger partial charge in [-0.05, 0) is 104 Å². The van der Waals surface area contributed by atoms with Gasteiger partial charge in [0.15, 0.2) is 0 Å². The summed E-state index contributed by atoms with van der Waals surface area (Å²) in [6, 6.07) is 23.3. The third-order valence-corrected chi connectivity index (χ3v) is 7.77. The summed E-state index contributed by atoms with van der Waals surface area (Å²) in [4.78, 5) is 2.69. The molecule has 0 radical (unpaired) electrons. The van der Waals surface area contributed by atoms with E-state index < -0.39 is 0 Å². The van der Waals surface area contributed by atoms with Crippen LogP contribution in [0, 0.1) is 11.6 Å². The molecule has 2 aliphatic rings. The summed E-state index contributed by atoms with van der Waals surface area (Å²) in [7, 11) is 0. The van der Waals surface area contributed by atoms with E-state index in [1.54, 1.807) is 12.1 Å². The van der Waals surface area contributed by atoms with Crippen LogP contribution in [0.1, 0.15) is 43.2 Å². The van der Waals surface area contributed by atoms with Gasteiger partial charge < -0.3 is 4.57 Å². The first-order chi connectivity index (χ1) is 17.2. The fourth-order valence-electron chi connectivity index (χ4n) is 6.02. The standard InChI is InChI=1S/C31H30F2N2/c32-25-10-8-22(9-11-25)24-19-28-16-17-29(20-24)34(28)18-4-3-5-23-21-35(27-14-12-26(33)13-15-27)31-7-2-1-6-30(23)31/h1-2,6-15,19,21,28-29H,3-5,16-18,20H2/t28-,29+/m1/s1. The van der Waals surface area contributed by atoms with Gasteiger partial charge in [0.05, 0.1) is 5.52 Å². The van der Waals surface area contributed by atoms with E-state index in [0.717, 1.165) is 31.5 Å². The number of aryl methyl sites for hydroxylation is 1. The van der Waals surface area contributed by atoms with Crippen LogP contribution in [0.5, 0.6) is 0 Å². The number of halogens is 2. The van der Waals surface area contributed by atoms with Crippen LogP contribution in [0.25, 0.3) is 22.2 Å². The van der Waals surface area contributed by atoms with E-state index in [0.29, 0.717) is 12.1 Å². The van der Waals surface area contributed by atoms with Crippen molar-refractivity contribution in [1.29, 1.82) is 0 Å². The van der Waals surface area contributed by atoms with Gasteiger partial charge in [-0.25, -0.2) is 8.78 Å². The summed E-state index contributed by atoms with van der Waals surface area (Å²) >= 11 is 0. The number of rotatable bonds is 7. The van der Waals surface area contributed by atoms with Crippen molar-refractivity contribution in [3.05, 3.63) is 108 Å². The maximum absolute atomic E-state index is 13.4. The Labute approximate surface area is 205 Å². The summed E-state index contributed by atoms with van der Waals surface area (Å²) in [5.41, 5.74) is 6.05. The first kappa shape index (κ1) is 22.2. The highest BCUT2D eigenvalue weighted by molar-refractivity contribution is 5.85. The number of hydrogen-bond donors (Lipinski definition) is 0. The first-order valence-electron chi connectivity index (χ1n) is 12.7. The predicted molar refractivity (Wildman–Crippen MR) is 139 cm³/mol. The molecule has 4 aromatic rings. The molecule has 35 heavy (non-hydrogen) atoms. The summed E-state index contributed by atoms with van der Waals surface area (Å²) in [6.45, 7) is 1.12. The van der Waals surface area contributed by atoms with Crippen LogP contribution in [-0.2, 0) is 6.42 Å². The van der Waals surface area contributed by atoms with Gasteiger partial charge in [-0.3, -0.25) is 4.90 Å². The van der Waals surface area contributed by atoms with Crippen molar-refractivity contribution in [2.24, 2.45) is 0 Å². The van der Waals surface area contributed by atoms with Gasteiger partial charge in [-0.1, -0.05) is 36.4 Å². The lowest BCUT2D eigenvalue weighted by molar-refractivity contribution is 0.208. The van der Waals surface area contributed by atoms with E-state index in [1.165, 1.54) is 59.0 Å². The average Bonchev–Trinajstić information content (AvgIpc) is 3.35. The quantitative estimate of drug-likeness (QED) is 0.254. The smallest absolute Gasteiger partial charge is 0.123 e. The van der Waals surface area contributed by atoms with Crippen molar-refractivity contribution in [1.82, 2.24) is 9.47 Å². The molecule has 0 N–H and O–H groups in total. The Kier molecular flexibility index (Phi) is 5.99. The largest absolute Gasteiger partial charge is 0.316 e. The van der Waals surface area contributed by atoms with E-state index in [-0.39, 0.29) is 11.6 Å². The van der Waals surface area contributed by atoms with Crippen LogP contribution in [0.15, 0.2) is 85.1 Å². The van der Waals surface area contributed by atoms with Crippen molar-refractivity contribution in [2.45, 2.75) is 50.6 Å². The fourth-order valence-corrected chi connectivity index (χ4v) is 6.02. The molecule has 2 nitrogen and oxygen atoms in total. The Morgan fingerprint density at radius 3 is 2.31 bits per heavy atom. The Bertz CT molecular complexity index is 1350. The molecule has 1 fully saturated rings. The van der Waals surface area contributed by atoms with Gasteiger partial charge in [0, 0.05) is 29.4 Å². The van der Waals surface area contributed by atoms with Gasteiger partial charge in [-0.2, -0.15) is 0 Å². The first-order valence-corrected chi connectivity index (χ1v) is 12.7. The van der Waals surface area contributed by atoms with Crippen molar-refractivity contribution < 1.29 is 8.78 Å². The van der Waals surface area contributed by atoms with Crippen molar-refractivity contribution in [2.75, 3.05) is 6.54 Å². The van der Waals surface area contributed by atoms with E-state index in [4.69, 9.17) is 0 Å². The van der Waals surface area contributed by atoms with Gasteiger partial charge in [0.25, 0.3) is 0 Å². The molecule has 178 valence electrons. The zero-order chi connectivity index (χ0) is 23.8. The number of benzene rings is 3. The molecule has 1 saturated heterocycles. The van der Waals surface area contributed by atoms with Crippen LogP contribution < -0.4 is 0 Å². The third kappa shape index (κ3) is 4.43. The third-order valence-electron chi connectivity index (χ3n) is 7.77. The molecule has 3 aromatic carbocycles. The zero-order valence-electron chi connectivity index (χ0n) is 19.8. The van der Waals surface area contributed by atoms with Crippen molar-refractivity contribution >= 4 is 16.5 Å². The zero-order valence-corrected chi connectivity index (χ0v) is 19.8. The summed E-state index contributed by atoms with van der Waals surface area (Å²) in [5, 5.41) is 1.28. The Balaban J connectivity index is 1.11. The lowest BCUT2D eigenvalue weighted by atomic mass is 9.94. The summed E-state index contributed by atoms with van der Waals surface area (Å²) < 4.78 is 28.9. The fraction of sp³-hybridized carbons (Fsp3) is 0.290. The van der Waals surface area contributed by atoms with E-state index >= 15 is 0 Å². The molecular weight excluding hydrogens is 438 g/mol. The number of para-hydroxylation sites is 1. The highest BCUT2D eigenvalue weighted by Crippen LogP contribution is 2.38. The maximum atomic E-state index is 13.4. The monoisotopic (exact) mass is 468 g/mol. The van der Waals surface area contributed by atoms with Gasteiger partial charge >= 0.3 is 0 Å². The highest BCUT2D eigenvalue weighted by atomic mass is 19.1. The molecule has 4 heteroatoms. The van der Waals surface area contributed by atoms with Crippen LogP contribution in [-0.4, -0.2) is 28.1 Å². The SMILES string of the molecule is Fc1ccc(C2=C[C@H]3CC[C@@H](C2)N3CCCCc2cn(-c3ccc(F)cc3)c3ccccc23)cc1. The summed E-state index contributed by atoms with van der Waals surface area (Å²) in [6.07, 6.45) is 11.5. The lowest BCUT2D eigenvalue weighted by Gasteiger charge is -2.34. The minimum absolute atomic E-state index is 0.171. The van der Waals surface area contributed by atoms with Crippen molar-refractivity contribution in [3.63, 3.8) is 0 Å². The average molecular weight is 469 g/mol. The van der Waals surface area contributed by atoms with Crippen LogP contribution in [0.4, 0.5) is 8.78 Å². The van der Waals surface area contributed by atoms with Crippen LogP contribution in [0.2, 0.25) is 0 Å². The number of fused-ring (bicyclic) bond motifs is 3. The maximum Gasteiger partial charge on any atom is 0.123 e. The molecule has 0 saturated carbocycles. The van der Waals surface area contributed by atoms with Crippen LogP contribution >= 0.6 is 0 Å². The normalized spacial score (nSPS) is 19.9. The van der Waals surface area contributed by atoms with Gasteiger partial charge in [0.1, 0.15) is 11.6 Å². The second-order valence-electron chi connectivity index (χ2n) is 9.91. The molecule has 0 spiro atoms. The number of nitrogens with zero attached hydrogens (tertiary/aromatic N) is 2. The summed E-state index contributed by atoms with van der Waals surface area (Å²) in [5.74, 6) is -0.382. The molecule has 0 amide bonds. The molecular formula is C31H30F2N2. The highest BCUT2D eigenvalue weighted by Gasteiger charge is 2.36. The van der Waals surface area contributed by atoms with Gasteiger partial charge in [0.2, 0.25) is 0 Å². The van der Waals surface area contributed by atoms with Crippen molar-refractivity contribution in [3.8, 4) is 5.69 Å². The second-order valence-corrected chi connectivity index (χ2v) is 9.91. The van der Waals surface area contributed by atoms with Gasteiger partial charge in [-0.15, -0.1) is 0 Å². The minimum Gasteiger partial charge on any atom is -0.316 e. The second kappa shape index (κ2) is 9.43. The molecule has 2 aliphatic heterocycles. The van der Waals surface area contributed by atoms with E-state index in [9.17, 15) is 8.78 Å². The minimum atomic E-state index is -0.211. The molecule has 2 bridgehead atoms.